The Bertz CT molecular complexity index is 1090. The van der Waals surface area contributed by atoms with Gasteiger partial charge in [-0.15, -0.1) is 0 Å². The summed E-state index contributed by atoms with van der Waals surface area (Å²) in [5, 5.41) is 8.77. The average Bonchev–Trinajstić information content (AvgIpc) is 2.70. The molecule has 0 aliphatic rings. The SMILES string of the molecule is COc1cc(OC)nc(NC(=O)N(c2ccccc2C(=O)NCC(F)(F)F)S(N)(=O)=O)n1. The van der Waals surface area contributed by atoms with Crippen LogP contribution in [0.1, 0.15) is 10.4 Å². The molecule has 0 radical (unpaired) electrons. The van der Waals surface area contributed by atoms with E-state index in [2.05, 4.69) is 15.3 Å². The topological polar surface area (TPSA) is 166 Å². The number of anilines is 2. The minimum Gasteiger partial charge on any atom is -0.481 e. The van der Waals surface area contributed by atoms with Gasteiger partial charge in [-0.2, -0.15) is 35.9 Å². The molecule has 2 rings (SSSR count). The van der Waals surface area contributed by atoms with E-state index in [0.717, 1.165) is 12.1 Å². The van der Waals surface area contributed by atoms with Gasteiger partial charge in [-0.3, -0.25) is 10.1 Å². The molecule has 4 N–H and O–H groups in total. The molecule has 0 bridgehead atoms. The Balaban J connectivity index is 2.44. The highest BCUT2D eigenvalue weighted by Crippen LogP contribution is 2.25. The number of urea groups is 1. The van der Waals surface area contributed by atoms with Crippen molar-refractivity contribution in [1.82, 2.24) is 15.3 Å². The largest absolute Gasteiger partial charge is 0.481 e. The third-order valence-corrected chi connectivity index (χ3v) is 4.44. The van der Waals surface area contributed by atoms with Gasteiger partial charge in [-0.25, -0.2) is 9.93 Å². The van der Waals surface area contributed by atoms with Gasteiger partial charge in [0.05, 0.1) is 31.5 Å². The number of nitrogens with one attached hydrogen (secondary N) is 2. The van der Waals surface area contributed by atoms with Gasteiger partial charge in [0.1, 0.15) is 6.54 Å². The monoisotopic (exact) mass is 478 g/mol. The summed E-state index contributed by atoms with van der Waals surface area (Å²) in [5.41, 5.74) is -1.17. The van der Waals surface area contributed by atoms with E-state index in [1.165, 1.54) is 32.4 Å². The second-order valence-corrected chi connectivity index (χ2v) is 7.23. The number of nitrogens with zero attached hydrogens (tertiary/aromatic N) is 3. The summed E-state index contributed by atoms with van der Waals surface area (Å²) in [5.74, 6) is -1.82. The summed E-state index contributed by atoms with van der Waals surface area (Å²) >= 11 is 0. The highest BCUT2D eigenvalue weighted by Gasteiger charge is 2.32. The van der Waals surface area contributed by atoms with E-state index in [-0.39, 0.29) is 16.1 Å². The lowest BCUT2D eigenvalue weighted by atomic mass is 10.1. The molecule has 3 amide bonds. The molecule has 16 heteroatoms. The van der Waals surface area contributed by atoms with Crippen LogP contribution < -0.4 is 29.6 Å². The lowest BCUT2D eigenvalue weighted by Gasteiger charge is -2.22. The quantitative estimate of drug-likeness (QED) is 0.531. The van der Waals surface area contributed by atoms with Gasteiger partial charge in [0.2, 0.25) is 17.7 Å². The zero-order valence-corrected chi connectivity index (χ0v) is 17.3. The molecule has 0 saturated carbocycles. The minimum absolute atomic E-state index is 0.0230. The number of hydrogen-bond acceptors (Lipinski definition) is 8. The Hall–Kier alpha value is -3.66. The van der Waals surface area contributed by atoms with Crippen LogP contribution in [0.5, 0.6) is 11.8 Å². The van der Waals surface area contributed by atoms with Crippen molar-refractivity contribution < 1.29 is 40.7 Å². The van der Waals surface area contributed by atoms with Crippen LogP contribution in [0.25, 0.3) is 0 Å². The third kappa shape index (κ3) is 6.42. The van der Waals surface area contributed by atoms with E-state index in [4.69, 9.17) is 14.6 Å². The average molecular weight is 478 g/mol. The number of hydrogen-bond donors (Lipinski definition) is 3. The van der Waals surface area contributed by atoms with Crippen LogP contribution in [0.2, 0.25) is 0 Å². The molecule has 1 aromatic carbocycles. The van der Waals surface area contributed by atoms with Gasteiger partial charge in [0.25, 0.3) is 5.91 Å². The summed E-state index contributed by atoms with van der Waals surface area (Å²) in [6, 6.07) is 4.34. The fourth-order valence-corrected chi connectivity index (χ4v) is 3.01. The summed E-state index contributed by atoms with van der Waals surface area (Å²) in [6.45, 7) is -1.68. The maximum Gasteiger partial charge on any atom is 0.405 e. The normalized spacial score (nSPS) is 11.4. The highest BCUT2D eigenvalue weighted by atomic mass is 32.2. The fourth-order valence-electron chi connectivity index (χ4n) is 2.30. The van der Waals surface area contributed by atoms with Gasteiger partial charge in [0.15, 0.2) is 0 Å². The molecule has 0 unspecified atom stereocenters. The van der Waals surface area contributed by atoms with Gasteiger partial charge in [-0.1, -0.05) is 12.1 Å². The molecule has 0 saturated heterocycles. The number of carbonyl (C=O) groups excluding carboxylic acids is 2. The molecule has 1 aromatic heterocycles. The molecule has 1 heterocycles. The number of para-hydroxylation sites is 1. The van der Waals surface area contributed by atoms with Crippen molar-refractivity contribution in [3.8, 4) is 11.8 Å². The first kappa shape index (κ1) is 24.6. The molecule has 0 spiro atoms. The number of ether oxygens (including phenoxy) is 2. The van der Waals surface area contributed by atoms with E-state index < -0.39 is 52.1 Å². The van der Waals surface area contributed by atoms with Crippen LogP contribution in [-0.4, -0.2) is 57.3 Å². The maximum absolute atomic E-state index is 12.7. The molecule has 0 fully saturated rings. The van der Waals surface area contributed by atoms with Crippen LogP contribution in [0.15, 0.2) is 30.3 Å². The standard InChI is InChI=1S/C16H17F3N6O6S/c1-30-11-7-12(31-2)23-14(22-11)24-15(27)25(32(20,28)29)10-6-4-3-5-9(10)13(26)21-8-16(17,18)19/h3-7H,8H2,1-2H3,(H,21,26)(H2,20,28,29)(H,22,23,24,27). The Morgan fingerprint density at radius 2 is 1.69 bits per heavy atom. The van der Waals surface area contributed by atoms with Crippen molar-refractivity contribution in [3.63, 3.8) is 0 Å². The Labute approximate surface area is 179 Å². The van der Waals surface area contributed by atoms with E-state index in [1.54, 1.807) is 5.32 Å². The number of aromatic nitrogens is 2. The summed E-state index contributed by atoms with van der Waals surface area (Å²) in [6.07, 6.45) is -4.72. The number of alkyl halides is 3. The molecular formula is C16H17F3N6O6S. The van der Waals surface area contributed by atoms with Crippen LogP contribution >= 0.6 is 0 Å². The first-order chi connectivity index (χ1) is 14.9. The van der Waals surface area contributed by atoms with Crippen LogP contribution in [-0.2, 0) is 10.2 Å². The zero-order valence-electron chi connectivity index (χ0n) is 16.5. The number of halogens is 3. The lowest BCUT2D eigenvalue weighted by molar-refractivity contribution is -0.123. The van der Waals surface area contributed by atoms with Crippen molar-refractivity contribution in [2.24, 2.45) is 5.14 Å². The third-order valence-electron chi connectivity index (χ3n) is 3.57. The van der Waals surface area contributed by atoms with Gasteiger partial charge >= 0.3 is 22.4 Å². The maximum atomic E-state index is 12.7. The highest BCUT2D eigenvalue weighted by molar-refractivity contribution is 7.91. The number of benzene rings is 1. The Morgan fingerprint density at radius 1 is 1.12 bits per heavy atom. The first-order valence-corrected chi connectivity index (χ1v) is 9.91. The van der Waals surface area contributed by atoms with Crippen molar-refractivity contribution in [2.75, 3.05) is 30.4 Å². The molecule has 0 atom stereocenters. The van der Waals surface area contributed by atoms with Gasteiger partial charge < -0.3 is 14.8 Å². The smallest absolute Gasteiger partial charge is 0.405 e. The predicted molar refractivity (Wildman–Crippen MR) is 105 cm³/mol. The molecule has 32 heavy (non-hydrogen) atoms. The number of methoxy groups -OCH3 is 2. The minimum atomic E-state index is -4.87. The van der Waals surface area contributed by atoms with Gasteiger partial charge in [0, 0.05) is 0 Å². The lowest BCUT2D eigenvalue weighted by Crippen LogP contribution is -2.45. The van der Waals surface area contributed by atoms with Crippen LogP contribution in [0.4, 0.5) is 29.6 Å². The summed E-state index contributed by atoms with van der Waals surface area (Å²) in [4.78, 5) is 32.6. The number of nitrogens with two attached hydrogens (primary N) is 1. The van der Waals surface area contributed by atoms with Crippen LogP contribution in [0, 0.1) is 0 Å². The molecule has 0 aliphatic carbocycles. The van der Waals surface area contributed by atoms with E-state index in [1.807, 2.05) is 0 Å². The van der Waals surface area contributed by atoms with Crippen molar-refractivity contribution >= 4 is 33.8 Å². The number of amides is 3. The van der Waals surface area contributed by atoms with E-state index in [9.17, 15) is 31.2 Å². The second-order valence-electron chi connectivity index (χ2n) is 5.83. The predicted octanol–water partition coefficient (Wildman–Crippen LogP) is 1.03. The molecule has 2 aromatic rings. The van der Waals surface area contributed by atoms with Crippen molar-refractivity contribution in [3.05, 3.63) is 35.9 Å². The Morgan fingerprint density at radius 3 is 2.19 bits per heavy atom. The summed E-state index contributed by atoms with van der Waals surface area (Å²) in [7, 11) is -2.34. The summed E-state index contributed by atoms with van der Waals surface area (Å²) < 4.78 is 71.4. The number of rotatable bonds is 7. The van der Waals surface area contributed by atoms with Crippen molar-refractivity contribution in [2.45, 2.75) is 6.18 Å². The fraction of sp³-hybridized carbons (Fsp3) is 0.250. The van der Waals surface area contributed by atoms with Gasteiger partial charge in [-0.05, 0) is 12.1 Å². The number of carbonyl (C=O) groups is 2. The molecular weight excluding hydrogens is 461 g/mol. The van der Waals surface area contributed by atoms with Crippen LogP contribution in [0.3, 0.4) is 0 Å². The molecule has 12 nitrogen and oxygen atoms in total. The van der Waals surface area contributed by atoms with Crippen molar-refractivity contribution in [1.29, 1.82) is 0 Å². The van der Waals surface area contributed by atoms with E-state index >= 15 is 0 Å². The second kappa shape index (κ2) is 9.65. The molecule has 174 valence electrons. The molecule has 0 aliphatic heterocycles. The Kier molecular flexibility index (Phi) is 7.42. The zero-order chi connectivity index (χ0) is 24.1. The first-order valence-electron chi connectivity index (χ1n) is 8.40. The van der Waals surface area contributed by atoms with E-state index in [0.29, 0.717) is 0 Å².